The largest absolute Gasteiger partial charge is 0.337 e. The molecule has 1 aromatic heterocycles. The molecule has 1 atom stereocenters. The molecule has 1 unspecified atom stereocenters. The summed E-state index contributed by atoms with van der Waals surface area (Å²) in [4.78, 5) is 14.8. The van der Waals surface area contributed by atoms with Crippen LogP contribution in [0.25, 0.3) is 0 Å². The second-order valence-corrected chi connectivity index (χ2v) is 5.42. The van der Waals surface area contributed by atoms with Crippen LogP contribution < -0.4 is 5.73 Å². The third-order valence-electron chi connectivity index (χ3n) is 3.07. The summed E-state index contributed by atoms with van der Waals surface area (Å²) in [7, 11) is 0. The molecule has 1 amide bonds. The van der Waals surface area contributed by atoms with Gasteiger partial charge in [0.2, 0.25) is 0 Å². The lowest BCUT2D eigenvalue weighted by Gasteiger charge is -2.22. The molecule has 1 saturated heterocycles. The zero-order valence-electron chi connectivity index (χ0n) is 9.31. The lowest BCUT2D eigenvalue weighted by atomic mass is 9.90. The number of likely N-dealkylation sites (tertiary alicyclic amines) is 1. The molecule has 0 bridgehead atoms. The minimum Gasteiger partial charge on any atom is -0.337 e. The van der Waals surface area contributed by atoms with Crippen molar-refractivity contribution in [2.75, 3.05) is 19.6 Å². The van der Waals surface area contributed by atoms with Gasteiger partial charge in [-0.3, -0.25) is 4.79 Å². The van der Waals surface area contributed by atoms with Crippen molar-refractivity contribution in [1.29, 1.82) is 0 Å². The fourth-order valence-corrected chi connectivity index (χ4v) is 2.61. The summed E-state index contributed by atoms with van der Waals surface area (Å²) in [6.45, 7) is 4.43. The van der Waals surface area contributed by atoms with E-state index in [1.165, 1.54) is 11.3 Å². The number of amides is 1. The lowest BCUT2D eigenvalue weighted by molar-refractivity contribution is 0.0781. The van der Waals surface area contributed by atoms with Gasteiger partial charge in [-0.2, -0.15) is 0 Å². The molecule has 0 aromatic carbocycles. The molecule has 3 nitrogen and oxygen atoms in total. The molecule has 16 heavy (non-hydrogen) atoms. The number of nitrogens with two attached hydrogens (primary N) is 1. The highest BCUT2D eigenvalue weighted by Crippen LogP contribution is 2.29. The first kappa shape index (κ1) is 13.5. The first-order valence-electron chi connectivity index (χ1n) is 5.17. The van der Waals surface area contributed by atoms with Crippen molar-refractivity contribution in [3.05, 3.63) is 22.4 Å². The van der Waals surface area contributed by atoms with Gasteiger partial charge >= 0.3 is 0 Å². The average Bonchev–Trinajstić information content (AvgIpc) is 2.86. The summed E-state index contributed by atoms with van der Waals surface area (Å²) < 4.78 is 0. The van der Waals surface area contributed by atoms with Crippen molar-refractivity contribution in [2.45, 2.75) is 13.3 Å². The summed E-state index contributed by atoms with van der Waals surface area (Å²) in [5.41, 5.74) is 5.83. The van der Waals surface area contributed by atoms with Gasteiger partial charge in [-0.15, -0.1) is 23.7 Å². The normalized spacial score (nSPS) is 24.2. The molecule has 1 fully saturated rings. The highest BCUT2D eigenvalue weighted by Gasteiger charge is 2.35. The Kier molecular flexibility index (Phi) is 4.35. The number of hydrogen-bond donors (Lipinski definition) is 1. The second-order valence-electron chi connectivity index (χ2n) is 4.47. The highest BCUT2D eigenvalue weighted by molar-refractivity contribution is 7.12. The Morgan fingerprint density at radius 1 is 1.69 bits per heavy atom. The predicted octanol–water partition coefficient (Wildman–Crippen LogP) is 1.98. The Hall–Kier alpha value is -0.580. The molecule has 0 radical (unpaired) electrons. The smallest absolute Gasteiger partial charge is 0.263 e. The third-order valence-corrected chi connectivity index (χ3v) is 3.93. The van der Waals surface area contributed by atoms with E-state index in [0.717, 1.165) is 24.4 Å². The van der Waals surface area contributed by atoms with Crippen molar-refractivity contribution >= 4 is 29.7 Å². The van der Waals surface area contributed by atoms with E-state index in [1.54, 1.807) is 0 Å². The molecule has 0 saturated carbocycles. The number of carbonyl (C=O) groups excluding carboxylic acids is 1. The van der Waals surface area contributed by atoms with Crippen LogP contribution in [0.4, 0.5) is 0 Å². The number of nitrogens with zero attached hydrogens (tertiary/aromatic N) is 1. The Labute approximate surface area is 106 Å². The van der Waals surface area contributed by atoms with Crippen LogP contribution in [-0.4, -0.2) is 30.4 Å². The van der Waals surface area contributed by atoms with Gasteiger partial charge in [-0.25, -0.2) is 0 Å². The number of rotatable bonds is 2. The van der Waals surface area contributed by atoms with E-state index < -0.39 is 0 Å². The molecule has 0 aliphatic carbocycles. The van der Waals surface area contributed by atoms with Gasteiger partial charge in [-0.05, 0) is 29.8 Å². The zero-order valence-corrected chi connectivity index (χ0v) is 10.9. The topological polar surface area (TPSA) is 46.3 Å². The Morgan fingerprint density at radius 2 is 2.44 bits per heavy atom. The number of halogens is 1. The number of thiophene rings is 1. The van der Waals surface area contributed by atoms with Crippen LogP contribution in [0.3, 0.4) is 0 Å². The van der Waals surface area contributed by atoms with E-state index in [1.807, 2.05) is 22.4 Å². The minimum absolute atomic E-state index is 0. The number of carbonyl (C=O) groups is 1. The van der Waals surface area contributed by atoms with Gasteiger partial charge in [-0.1, -0.05) is 13.0 Å². The van der Waals surface area contributed by atoms with Gasteiger partial charge in [0.15, 0.2) is 0 Å². The Morgan fingerprint density at radius 3 is 2.94 bits per heavy atom. The summed E-state index contributed by atoms with van der Waals surface area (Å²) in [5, 5.41) is 1.94. The van der Waals surface area contributed by atoms with Crippen molar-refractivity contribution in [3.8, 4) is 0 Å². The zero-order chi connectivity index (χ0) is 10.9. The van der Waals surface area contributed by atoms with Gasteiger partial charge in [0, 0.05) is 13.1 Å². The molecular weight excluding hydrogens is 244 g/mol. The maximum absolute atomic E-state index is 12.0. The van der Waals surface area contributed by atoms with Gasteiger partial charge in [0.1, 0.15) is 0 Å². The first-order valence-corrected chi connectivity index (χ1v) is 6.05. The maximum atomic E-state index is 12.0. The van der Waals surface area contributed by atoms with Crippen LogP contribution in [-0.2, 0) is 0 Å². The quantitative estimate of drug-likeness (QED) is 0.884. The maximum Gasteiger partial charge on any atom is 0.263 e. The summed E-state index contributed by atoms with van der Waals surface area (Å²) in [6, 6.07) is 3.79. The molecule has 0 spiro atoms. The highest BCUT2D eigenvalue weighted by atomic mass is 35.5. The van der Waals surface area contributed by atoms with E-state index >= 15 is 0 Å². The minimum atomic E-state index is 0. The van der Waals surface area contributed by atoms with E-state index in [0.29, 0.717) is 6.54 Å². The molecule has 2 N–H and O–H groups in total. The molecule has 5 heteroatoms. The third kappa shape index (κ3) is 2.56. The number of hydrogen-bond acceptors (Lipinski definition) is 3. The standard InChI is InChI=1S/C11H16N2OS.ClH/c1-11(7-12)4-5-13(8-11)10(14)9-3-2-6-15-9;/h2-3,6H,4-5,7-8,12H2,1H3;1H. The van der Waals surface area contributed by atoms with Gasteiger partial charge in [0.25, 0.3) is 5.91 Å². The van der Waals surface area contributed by atoms with Crippen molar-refractivity contribution < 1.29 is 4.79 Å². The molecular formula is C11H17ClN2OS. The SMILES string of the molecule is CC1(CN)CCN(C(=O)c2cccs2)C1.Cl. The fraction of sp³-hybridized carbons (Fsp3) is 0.545. The predicted molar refractivity (Wildman–Crippen MR) is 69.2 cm³/mol. The summed E-state index contributed by atoms with van der Waals surface area (Å²) in [6.07, 6.45) is 1.01. The van der Waals surface area contributed by atoms with E-state index in [-0.39, 0.29) is 23.7 Å². The van der Waals surface area contributed by atoms with Crippen molar-refractivity contribution in [2.24, 2.45) is 11.1 Å². The van der Waals surface area contributed by atoms with Gasteiger partial charge < -0.3 is 10.6 Å². The lowest BCUT2D eigenvalue weighted by Crippen LogP contribution is -2.34. The Balaban J connectivity index is 0.00000128. The molecule has 1 aromatic rings. The Bertz CT molecular complexity index is 355. The fourth-order valence-electron chi connectivity index (χ4n) is 1.92. The van der Waals surface area contributed by atoms with Crippen LogP contribution in [0, 0.1) is 5.41 Å². The molecule has 1 aliphatic heterocycles. The monoisotopic (exact) mass is 260 g/mol. The van der Waals surface area contributed by atoms with E-state index in [4.69, 9.17) is 5.73 Å². The van der Waals surface area contributed by atoms with Crippen LogP contribution in [0.1, 0.15) is 23.0 Å². The van der Waals surface area contributed by atoms with Crippen LogP contribution >= 0.6 is 23.7 Å². The molecule has 1 aliphatic rings. The summed E-state index contributed by atoms with van der Waals surface area (Å²) in [5.74, 6) is 0.155. The molecule has 2 rings (SSSR count). The van der Waals surface area contributed by atoms with Crippen LogP contribution in [0.15, 0.2) is 17.5 Å². The van der Waals surface area contributed by atoms with E-state index in [2.05, 4.69) is 6.92 Å². The first-order chi connectivity index (χ1) is 7.14. The summed E-state index contributed by atoms with van der Waals surface area (Å²) >= 11 is 1.50. The molecule has 90 valence electrons. The van der Waals surface area contributed by atoms with Crippen molar-refractivity contribution in [1.82, 2.24) is 4.90 Å². The van der Waals surface area contributed by atoms with Crippen LogP contribution in [0.2, 0.25) is 0 Å². The molecule has 2 heterocycles. The van der Waals surface area contributed by atoms with Crippen molar-refractivity contribution in [3.63, 3.8) is 0 Å². The van der Waals surface area contributed by atoms with Gasteiger partial charge in [0.05, 0.1) is 4.88 Å². The van der Waals surface area contributed by atoms with Crippen LogP contribution in [0.5, 0.6) is 0 Å². The van der Waals surface area contributed by atoms with E-state index in [9.17, 15) is 4.79 Å². The average molecular weight is 261 g/mol. The second kappa shape index (κ2) is 5.17.